The summed E-state index contributed by atoms with van der Waals surface area (Å²) in [6.07, 6.45) is 3.60. The fourth-order valence-corrected chi connectivity index (χ4v) is 3.84. The number of aryl methyl sites for hydroxylation is 1. The highest BCUT2D eigenvalue weighted by Crippen LogP contribution is 2.18. The molecular weight excluding hydrogens is 282 g/mol. The van der Waals surface area contributed by atoms with Crippen molar-refractivity contribution in [1.82, 2.24) is 14.1 Å². The molecule has 2 aromatic heterocycles. The Morgan fingerprint density at radius 3 is 2.79 bits per heavy atom. The quantitative estimate of drug-likeness (QED) is 0.845. The van der Waals surface area contributed by atoms with Crippen LogP contribution in [0, 0.1) is 0 Å². The minimum absolute atomic E-state index is 0.0974. The molecule has 0 N–H and O–H groups in total. The van der Waals surface area contributed by atoms with Gasteiger partial charge in [0.2, 0.25) is 10.0 Å². The van der Waals surface area contributed by atoms with Crippen molar-refractivity contribution in [1.29, 1.82) is 0 Å². The Labute approximate surface area is 117 Å². The molecule has 1 atom stereocenters. The number of nitrogens with zero attached hydrogens (tertiary/aromatic N) is 3. The molecule has 1 unspecified atom stereocenters. The van der Waals surface area contributed by atoms with Crippen LogP contribution in [-0.2, 0) is 23.5 Å². The van der Waals surface area contributed by atoms with Gasteiger partial charge in [-0.15, -0.1) is 0 Å². The Morgan fingerprint density at radius 2 is 2.26 bits per heavy atom. The van der Waals surface area contributed by atoms with Crippen LogP contribution < -0.4 is 0 Å². The summed E-state index contributed by atoms with van der Waals surface area (Å²) in [6.45, 7) is 1.91. The second-order valence-electron chi connectivity index (χ2n) is 4.56. The first-order valence-electron chi connectivity index (χ1n) is 5.89. The standard InChI is InChI=1S/C12H17N3O2S2/c1-10(6-11-4-5-18-9-11)15(3)19(16,17)12-7-13-14(2)8-12/h4-5,7-10H,6H2,1-3H3. The van der Waals surface area contributed by atoms with E-state index in [4.69, 9.17) is 0 Å². The first-order chi connectivity index (χ1) is 8.91. The zero-order valence-electron chi connectivity index (χ0n) is 11.1. The van der Waals surface area contributed by atoms with Crippen LogP contribution in [0.1, 0.15) is 12.5 Å². The van der Waals surface area contributed by atoms with E-state index in [9.17, 15) is 8.42 Å². The lowest BCUT2D eigenvalue weighted by Crippen LogP contribution is -2.36. The van der Waals surface area contributed by atoms with Crippen molar-refractivity contribution in [3.8, 4) is 0 Å². The summed E-state index contributed by atoms with van der Waals surface area (Å²) >= 11 is 1.62. The van der Waals surface area contributed by atoms with Gasteiger partial charge >= 0.3 is 0 Å². The molecule has 0 amide bonds. The van der Waals surface area contributed by atoms with Crippen molar-refractivity contribution >= 4 is 21.4 Å². The monoisotopic (exact) mass is 299 g/mol. The molecule has 2 heterocycles. The third-order valence-corrected chi connectivity index (χ3v) is 5.75. The van der Waals surface area contributed by atoms with Crippen LogP contribution in [0.5, 0.6) is 0 Å². The summed E-state index contributed by atoms with van der Waals surface area (Å²) in [7, 11) is -0.154. The van der Waals surface area contributed by atoms with Crippen LogP contribution in [0.4, 0.5) is 0 Å². The van der Waals surface area contributed by atoms with Crippen LogP contribution in [-0.4, -0.2) is 35.6 Å². The van der Waals surface area contributed by atoms with Crippen molar-refractivity contribution in [2.45, 2.75) is 24.3 Å². The van der Waals surface area contributed by atoms with E-state index in [1.807, 2.05) is 23.8 Å². The summed E-state index contributed by atoms with van der Waals surface area (Å²) in [4.78, 5) is 0.231. The molecule has 0 aromatic carbocycles. The second kappa shape index (κ2) is 5.44. The Bertz CT molecular complexity index is 632. The van der Waals surface area contributed by atoms with Crippen LogP contribution >= 0.6 is 11.3 Å². The van der Waals surface area contributed by atoms with E-state index < -0.39 is 10.0 Å². The van der Waals surface area contributed by atoms with Crippen molar-refractivity contribution in [3.05, 3.63) is 34.8 Å². The summed E-state index contributed by atoms with van der Waals surface area (Å²) in [5.41, 5.74) is 1.16. The van der Waals surface area contributed by atoms with Crippen LogP contribution in [0.3, 0.4) is 0 Å². The van der Waals surface area contributed by atoms with Crippen molar-refractivity contribution in [2.24, 2.45) is 7.05 Å². The fourth-order valence-electron chi connectivity index (χ4n) is 1.81. The highest BCUT2D eigenvalue weighted by Gasteiger charge is 2.26. The maximum absolute atomic E-state index is 12.4. The van der Waals surface area contributed by atoms with E-state index in [-0.39, 0.29) is 10.9 Å². The molecule has 0 aliphatic heterocycles. The summed E-state index contributed by atoms with van der Waals surface area (Å²) < 4.78 is 27.7. The number of aromatic nitrogens is 2. The number of likely N-dealkylation sites (N-methyl/N-ethyl adjacent to an activating group) is 1. The molecule has 19 heavy (non-hydrogen) atoms. The second-order valence-corrected chi connectivity index (χ2v) is 7.33. The maximum Gasteiger partial charge on any atom is 0.246 e. The van der Waals surface area contributed by atoms with Gasteiger partial charge in [-0.2, -0.15) is 20.7 Å². The Morgan fingerprint density at radius 1 is 1.53 bits per heavy atom. The Balaban J connectivity index is 2.16. The van der Waals surface area contributed by atoms with E-state index >= 15 is 0 Å². The SMILES string of the molecule is CC(Cc1ccsc1)N(C)S(=O)(=O)c1cnn(C)c1. The van der Waals surface area contributed by atoms with E-state index in [1.54, 1.807) is 25.4 Å². The van der Waals surface area contributed by atoms with Gasteiger partial charge in [-0.3, -0.25) is 4.68 Å². The minimum atomic E-state index is -3.47. The maximum atomic E-state index is 12.4. The highest BCUT2D eigenvalue weighted by atomic mass is 32.2. The summed E-state index contributed by atoms with van der Waals surface area (Å²) in [6, 6.07) is 1.92. The molecule has 0 spiro atoms. The van der Waals surface area contributed by atoms with Crippen LogP contribution in [0.15, 0.2) is 34.1 Å². The zero-order valence-corrected chi connectivity index (χ0v) is 12.8. The van der Waals surface area contributed by atoms with Gasteiger partial charge in [0.05, 0.1) is 6.20 Å². The first kappa shape index (κ1) is 14.2. The van der Waals surface area contributed by atoms with Gasteiger partial charge < -0.3 is 0 Å². The molecule has 0 saturated carbocycles. The number of rotatable bonds is 5. The molecule has 7 heteroatoms. The van der Waals surface area contributed by atoms with Gasteiger partial charge in [0.1, 0.15) is 4.90 Å². The van der Waals surface area contributed by atoms with Gasteiger partial charge in [0.25, 0.3) is 0 Å². The van der Waals surface area contributed by atoms with Crippen LogP contribution in [0.25, 0.3) is 0 Å². The predicted molar refractivity (Wildman–Crippen MR) is 75.6 cm³/mol. The van der Waals surface area contributed by atoms with Gasteiger partial charge in [-0.05, 0) is 35.7 Å². The lowest BCUT2D eigenvalue weighted by Gasteiger charge is -2.23. The lowest BCUT2D eigenvalue weighted by atomic mass is 10.1. The van der Waals surface area contributed by atoms with Gasteiger partial charge in [0, 0.05) is 26.3 Å². The fraction of sp³-hybridized carbons (Fsp3) is 0.417. The van der Waals surface area contributed by atoms with Crippen molar-refractivity contribution in [3.63, 3.8) is 0 Å². The van der Waals surface area contributed by atoms with E-state index in [0.29, 0.717) is 6.42 Å². The molecule has 104 valence electrons. The first-order valence-corrected chi connectivity index (χ1v) is 8.27. The number of thiophene rings is 1. The Hall–Kier alpha value is -1.18. The molecule has 0 bridgehead atoms. The van der Waals surface area contributed by atoms with Crippen LogP contribution in [0.2, 0.25) is 0 Å². The largest absolute Gasteiger partial charge is 0.274 e. The average molecular weight is 299 g/mol. The molecule has 0 saturated heterocycles. The molecule has 2 rings (SSSR count). The number of sulfonamides is 1. The number of hydrogen-bond acceptors (Lipinski definition) is 4. The normalized spacial score (nSPS) is 13.9. The molecule has 0 aliphatic rings. The third-order valence-electron chi connectivity index (χ3n) is 3.09. The lowest BCUT2D eigenvalue weighted by molar-refractivity contribution is 0.387. The average Bonchev–Trinajstić information content (AvgIpc) is 2.99. The molecule has 5 nitrogen and oxygen atoms in total. The van der Waals surface area contributed by atoms with E-state index in [1.165, 1.54) is 21.4 Å². The number of hydrogen-bond donors (Lipinski definition) is 0. The van der Waals surface area contributed by atoms with Crippen molar-refractivity contribution < 1.29 is 8.42 Å². The van der Waals surface area contributed by atoms with E-state index in [2.05, 4.69) is 5.10 Å². The molecule has 0 fully saturated rings. The highest BCUT2D eigenvalue weighted by molar-refractivity contribution is 7.89. The minimum Gasteiger partial charge on any atom is -0.274 e. The molecule has 0 aliphatic carbocycles. The van der Waals surface area contributed by atoms with E-state index in [0.717, 1.165) is 5.56 Å². The third kappa shape index (κ3) is 3.05. The molecule has 0 radical (unpaired) electrons. The summed E-state index contributed by atoms with van der Waals surface area (Å²) in [5, 5.41) is 7.95. The van der Waals surface area contributed by atoms with Gasteiger partial charge in [0.15, 0.2) is 0 Å². The van der Waals surface area contributed by atoms with Gasteiger partial charge in [-0.1, -0.05) is 0 Å². The Kier molecular flexibility index (Phi) is 4.07. The molecule has 2 aromatic rings. The topological polar surface area (TPSA) is 55.2 Å². The van der Waals surface area contributed by atoms with Gasteiger partial charge in [-0.25, -0.2) is 8.42 Å². The summed E-state index contributed by atoms with van der Waals surface area (Å²) in [5.74, 6) is 0. The zero-order chi connectivity index (χ0) is 14.0. The van der Waals surface area contributed by atoms with Crippen molar-refractivity contribution in [2.75, 3.05) is 7.05 Å². The molecular formula is C12H17N3O2S2. The predicted octanol–water partition coefficient (Wildman–Crippen LogP) is 1.73. The smallest absolute Gasteiger partial charge is 0.246 e.